The number of para-hydroxylation sites is 1. The molecule has 1 rings (SSSR count). The zero-order valence-corrected chi connectivity index (χ0v) is 11.7. The number of nitrogens with one attached hydrogen (secondary N) is 1. The van der Waals surface area contributed by atoms with Crippen molar-refractivity contribution in [3.63, 3.8) is 0 Å². The van der Waals surface area contributed by atoms with Crippen LogP contribution >= 0.6 is 11.8 Å². The lowest BCUT2D eigenvalue weighted by Gasteiger charge is -2.10. The van der Waals surface area contributed by atoms with Crippen molar-refractivity contribution in [2.45, 2.75) is 13.8 Å². The Morgan fingerprint density at radius 3 is 2.84 bits per heavy atom. The summed E-state index contributed by atoms with van der Waals surface area (Å²) in [6.07, 6.45) is 0.0854. The largest absolute Gasteiger partial charge is 0.448 e. The van der Waals surface area contributed by atoms with Gasteiger partial charge in [0.1, 0.15) is 6.29 Å². The summed E-state index contributed by atoms with van der Waals surface area (Å²) < 4.78 is 4.75. The highest BCUT2D eigenvalue weighted by Crippen LogP contribution is 2.16. The van der Waals surface area contributed by atoms with Gasteiger partial charge >= 0.3 is 6.09 Å². The van der Waals surface area contributed by atoms with E-state index in [1.165, 1.54) is 0 Å². The van der Waals surface area contributed by atoms with Gasteiger partial charge in [-0.05, 0) is 25.5 Å². The first-order chi connectivity index (χ1) is 9.17. The molecule has 0 heterocycles. The van der Waals surface area contributed by atoms with Crippen LogP contribution in [0.1, 0.15) is 12.5 Å². The van der Waals surface area contributed by atoms with Crippen LogP contribution in [0.3, 0.4) is 0 Å². The molecule has 0 aromatic heterocycles. The topological polar surface area (TPSA) is 67.8 Å². The van der Waals surface area contributed by atoms with Gasteiger partial charge in [-0.3, -0.25) is 0 Å². The number of hydrogen-bond donors (Lipinski definition) is 1. The first kappa shape index (κ1) is 15.2. The smallest absolute Gasteiger partial charge is 0.436 e. The fourth-order valence-corrected chi connectivity index (χ4v) is 1.82. The number of amidine groups is 1. The van der Waals surface area contributed by atoms with Gasteiger partial charge in [-0.15, -0.1) is 0 Å². The van der Waals surface area contributed by atoms with Crippen LogP contribution in [-0.2, 0) is 9.53 Å². The van der Waals surface area contributed by atoms with Crippen LogP contribution in [0.5, 0.6) is 0 Å². The Hall–Kier alpha value is -1.82. The summed E-state index contributed by atoms with van der Waals surface area (Å²) in [4.78, 5) is 25.5. The minimum Gasteiger partial charge on any atom is -0.448 e. The highest BCUT2D eigenvalue weighted by atomic mass is 32.2. The summed E-state index contributed by atoms with van der Waals surface area (Å²) in [6, 6.07) is 7.61. The van der Waals surface area contributed by atoms with Crippen LogP contribution in [-0.4, -0.2) is 29.9 Å². The molecular weight excluding hydrogens is 264 g/mol. The molecule has 5 nitrogen and oxygen atoms in total. The van der Waals surface area contributed by atoms with Crippen molar-refractivity contribution in [2.24, 2.45) is 4.99 Å². The Morgan fingerprint density at radius 2 is 2.21 bits per heavy atom. The summed E-state index contributed by atoms with van der Waals surface area (Å²) in [5.74, 6) is 0.219. The van der Waals surface area contributed by atoms with Crippen LogP contribution in [0.25, 0.3) is 0 Å². The van der Waals surface area contributed by atoms with Crippen molar-refractivity contribution in [1.29, 1.82) is 0 Å². The van der Waals surface area contributed by atoms with Gasteiger partial charge < -0.3 is 14.8 Å². The van der Waals surface area contributed by atoms with E-state index in [0.29, 0.717) is 5.17 Å². The molecule has 6 heteroatoms. The van der Waals surface area contributed by atoms with E-state index in [4.69, 9.17) is 4.74 Å². The molecule has 0 aliphatic rings. The molecule has 0 saturated carbocycles. The van der Waals surface area contributed by atoms with Crippen LogP contribution in [0, 0.1) is 6.92 Å². The molecule has 0 radical (unpaired) electrons. The van der Waals surface area contributed by atoms with Crippen molar-refractivity contribution >= 4 is 35.0 Å². The monoisotopic (exact) mass is 280 g/mol. The normalized spacial score (nSPS) is 10.9. The molecular formula is C13H16N2O3S. The summed E-state index contributed by atoms with van der Waals surface area (Å²) >= 11 is 1.15. The van der Waals surface area contributed by atoms with E-state index < -0.39 is 6.09 Å². The maximum atomic E-state index is 11.3. The van der Waals surface area contributed by atoms with Crippen molar-refractivity contribution in [1.82, 2.24) is 0 Å². The third-order valence-electron chi connectivity index (χ3n) is 2.14. The maximum absolute atomic E-state index is 11.3. The number of anilines is 1. The second-order valence-electron chi connectivity index (χ2n) is 3.53. The number of nitrogens with zero attached hydrogens (tertiary/aromatic N) is 1. The number of ether oxygens (including phenoxy) is 1. The third-order valence-corrected chi connectivity index (χ3v) is 2.90. The Morgan fingerprint density at radius 1 is 1.47 bits per heavy atom. The average molecular weight is 280 g/mol. The van der Waals surface area contributed by atoms with Crippen molar-refractivity contribution in [2.75, 3.05) is 17.7 Å². The first-order valence-corrected chi connectivity index (χ1v) is 6.80. The van der Waals surface area contributed by atoms with E-state index in [9.17, 15) is 9.59 Å². The van der Waals surface area contributed by atoms with Crippen LogP contribution < -0.4 is 5.32 Å². The number of carbonyl (C=O) groups excluding carboxylic acids is 2. The number of rotatable bonds is 4. The first-order valence-electron chi connectivity index (χ1n) is 5.82. The molecule has 1 amide bonds. The number of benzene rings is 1. The van der Waals surface area contributed by atoms with E-state index >= 15 is 0 Å². The van der Waals surface area contributed by atoms with E-state index in [1.807, 2.05) is 31.2 Å². The Balaban J connectivity index is 2.82. The van der Waals surface area contributed by atoms with Gasteiger partial charge in [0.05, 0.1) is 12.4 Å². The molecule has 0 fully saturated rings. The maximum Gasteiger partial charge on any atom is 0.436 e. The fraction of sp³-hybridized carbons (Fsp3) is 0.308. The van der Waals surface area contributed by atoms with Crippen LogP contribution in [0.15, 0.2) is 29.3 Å². The van der Waals surface area contributed by atoms with Gasteiger partial charge in [-0.2, -0.15) is 4.99 Å². The van der Waals surface area contributed by atoms with Gasteiger partial charge in [-0.1, -0.05) is 30.0 Å². The van der Waals surface area contributed by atoms with Crippen molar-refractivity contribution < 1.29 is 14.3 Å². The SMILES string of the molecule is CCOC(=O)/N=C(/Nc1ccccc1C)SCC=O. The van der Waals surface area contributed by atoms with Gasteiger partial charge in [0.2, 0.25) is 0 Å². The number of aryl methyl sites for hydroxylation is 1. The molecule has 0 aliphatic carbocycles. The predicted octanol–water partition coefficient (Wildman–Crippen LogP) is 2.85. The lowest BCUT2D eigenvalue weighted by Crippen LogP contribution is -2.13. The Kier molecular flexibility index (Phi) is 6.67. The second-order valence-corrected chi connectivity index (χ2v) is 4.54. The zero-order chi connectivity index (χ0) is 14.1. The standard InChI is InChI=1S/C13H16N2O3S/c1-3-18-13(17)15-12(19-9-8-16)14-11-7-5-4-6-10(11)2/h4-8H,3,9H2,1-2H3,(H,14,15,17). The molecule has 0 unspecified atom stereocenters. The zero-order valence-electron chi connectivity index (χ0n) is 10.9. The second kappa shape index (κ2) is 8.31. The molecule has 19 heavy (non-hydrogen) atoms. The Labute approximate surface area is 116 Å². The average Bonchev–Trinajstić information content (AvgIpc) is 2.39. The summed E-state index contributed by atoms with van der Waals surface area (Å²) in [6.45, 7) is 3.91. The Bertz CT molecular complexity index is 475. The quantitative estimate of drug-likeness (QED) is 0.522. The molecule has 1 aromatic rings. The third kappa shape index (κ3) is 5.56. The van der Waals surface area contributed by atoms with Gasteiger partial charge in [-0.25, -0.2) is 4.79 Å². The van der Waals surface area contributed by atoms with Gasteiger partial charge in [0, 0.05) is 5.69 Å². The molecule has 0 aliphatic heterocycles. The molecule has 0 spiro atoms. The highest BCUT2D eigenvalue weighted by Gasteiger charge is 2.07. The summed E-state index contributed by atoms with van der Waals surface area (Å²) in [5.41, 5.74) is 1.86. The minimum atomic E-state index is -0.669. The minimum absolute atomic E-state index is 0.219. The summed E-state index contributed by atoms with van der Waals surface area (Å²) in [7, 11) is 0. The van der Waals surface area contributed by atoms with Crippen LogP contribution in [0.2, 0.25) is 0 Å². The highest BCUT2D eigenvalue weighted by molar-refractivity contribution is 8.14. The molecule has 1 N–H and O–H groups in total. The lowest BCUT2D eigenvalue weighted by molar-refractivity contribution is -0.105. The number of amides is 1. The van der Waals surface area contributed by atoms with E-state index in [2.05, 4.69) is 10.3 Å². The van der Waals surface area contributed by atoms with Gasteiger partial charge in [0.25, 0.3) is 0 Å². The molecule has 0 saturated heterocycles. The van der Waals surface area contributed by atoms with Gasteiger partial charge in [0.15, 0.2) is 5.17 Å². The molecule has 1 aromatic carbocycles. The lowest BCUT2D eigenvalue weighted by atomic mass is 10.2. The molecule has 102 valence electrons. The van der Waals surface area contributed by atoms with Crippen molar-refractivity contribution in [3.05, 3.63) is 29.8 Å². The van der Waals surface area contributed by atoms with E-state index in [-0.39, 0.29) is 12.4 Å². The van der Waals surface area contributed by atoms with Crippen molar-refractivity contribution in [3.8, 4) is 0 Å². The van der Waals surface area contributed by atoms with E-state index in [0.717, 1.165) is 29.3 Å². The number of hydrogen-bond acceptors (Lipinski definition) is 4. The number of aldehydes is 1. The number of thioether (sulfide) groups is 1. The predicted molar refractivity (Wildman–Crippen MR) is 77.8 cm³/mol. The summed E-state index contributed by atoms with van der Waals surface area (Å²) in [5, 5.41) is 3.37. The number of carbonyl (C=O) groups is 2. The molecule has 0 bridgehead atoms. The fourth-order valence-electron chi connectivity index (χ4n) is 1.28. The molecule has 0 atom stereocenters. The van der Waals surface area contributed by atoms with Crippen LogP contribution in [0.4, 0.5) is 10.5 Å². The number of aliphatic imine (C=N–C) groups is 1. The van der Waals surface area contributed by atoms with E-state index in [1.54, 1.807) is 6.92 Å².